The van der Waals surface area contributed by atoms with E-state index in [-0.39, 0.29) is 11.9 Å². The summed E-state index contributed by atoms with van der Waals surface area (Å²) < 4.78 is 25.7. The van der Waals surface area contributed by atoms with E-state index in [0.29, 0.717) is 17.9 Å². The van der Waals surface area contributed by atoms with Crippen LogP contribution < -0.4 is 0 Å². The Kier molecular flexibility index (Phi) is 4.83. The van der Waals surface area contributed by atoms with E-state index >= 15 is 0 Å². The summed E-state index contributed by atoms with van der Waals surface area (Å²) in [6, 6.07) is 8.16. The molecular formula is C16H21NO3S. The molecule has 0 fully saturated rings. The van der Waals surface area contributed by atoms with E-state index in [2.05, 4.69) is 0 Å². The summed E-state index contributed by atoms with van der Waals surface area (Å²) in [6.45, 7) is 3.98. The summed E-state index contributed by atoms with van der Waals surface area (Å²) in [5.41, 5.74) is 0. The second-order valence-electron chi connectivity index (χ2n) is 5.28. The molecule has 5 heteroatoms. The van der Waals surface area contributed by atoms with E-state index in [1.807, 2.05) is 6.92 Å². The van der Waals surface area contributed by atoms with Crippen LogP contribution in [0.4, 0.5) is 0 Å². The van der Waals surface area contributed by atoms with Crippen molar-refractivity contribution >= 4 is 15.7 Å². The summed E-state index contributed by atoms with van der Waals surface area (Å²) in [5, 5.41) is -0.669. The third kappa shape index (κ3) is 3.18. The number of nitrogens with zero attached hydrogens (tertiary/aromatic N) is 1. The first-order valence-corrected chi connectivity index (χ1v) is 8.76. The van der Waals surface area contributed by atoms with Crippen LogP contribution in [-0.4, -0.2) is 37.1 Å². The van der Waals surface area contributed by atoms with E-state index in [4.69, 9.17) is 0 Å². The van der Waals surface area contributed by atoms with Crippen LogP contribution >= 0.6 is 0 Å². The number of sulfone groups is 1. The van der Waals surface area contributed by atoms with Crippen molar-refractivity contribution in [3.8, 4) is 0 Å². The lowest BCUT2D eigenvalue weighted by molar-refractivity contribution is -0.130. The van der Waals surface area contributed by atoms with Crippen LogP contribution in [0.1, 0.15) is 26.7 Å². The Labute approximate surface area is 126 Å². The summed E-state index contributed by atoms with van der Waals surface area (Å²) >= 11 is 0. The van der Waals surface area contributed by atoms with Gasteiger partial charge in [0.05, 0.1) is 10.9 Å². The zero-order valence-electron chi connectivity index (χ0n) is 12.4. The second-order valence-corrected chi connectivity index (χ2v) is 7.38. The maximum atomic E-state index is 12.9. The highest BCUT2D eigenvalue weighted by atomic mass is 32.2. The Balaban J connectivity index is 2.42. The third-order valence-corrected chi connectivity index (χ3v) is 5.94. The fraction of sp³-hybridized carbons (Fsp3) is 0.438. The van der Waals surface area contributed by atoms with Crippen molar-refractivity contribution in [3.05, 3.63) is 42.5 Å². The average molecular weight is 307 g/mol. The molecule has 1 heterocycles. The summed E-state index contributed by atoms with van der Waals surface area (Å²) in [4.78, 5) is 13.8. The lowest BCUT2D eigenvalue weighted by Gasteiger charge is -2.37. The van der Waals surface area contributed by atoms with E-state index in [1.165, 1.54) is 6.92 Å². The van der Waals surface area contributed by atoms with Crippen molar-refractivity contribution < 1.29 is 13.2 Å². The first-order valence-electron chi connectivity index (χ1n) is 7.21. The van der Waals surface area contributed by atoms with Gasteiger partial charge < -0.3 is 4.90 Å². The van der Waals surface area contributed by atoms with Crippen LogP contribution in [0.2, 0.25) is 0 Å². The van der Waals surface area contributed by atoms with E-state index in [9.17, 15) is 13.2 Å². The van der Waals surface area contributed by atoms with Crippen molar-refractivity contribution in [3.63, 3.8) is 0 Å². The second kappa shape index (κ2) is 6.43. The first-order chi connectivity index (χ1) is 9.98. The lowest BCUT2D eigenvalue weighted by atomic mass is 10.0. The molecule has 2 rings (SSSR count). The summed E-state index contributed by atoms with van der Waals surface area (Å²) in [7, 11) is -3.48. The van der Waals surface area contributed by atoms with E-state index in [1.54, 1.807) is 47.4 Å². The van der Waals surface area contributed by atoms with Crippen LogP contribution in [0.3, 0.4) is 0 Å². The molecule has 0 spiro atoms. The predicted molar refractivity (Wildman–Crippen MR) is 82.6 cm³/mol. The number of amides is 1. The lowest BCUT2D eigenvalue weighted by Crippen LogP contribution is -2.50. The Morgan fingerprint density at radius 3 is 2.52 bits per heavy atom. The maximum Gasteiger partial charge on any atom is 0.220 e. The van der Waals surface area contributed by atoms with Crippen molar-refractivity contribution in [2.24, 2.45) is 0 Å². The van der Waals surface area contributed by atoms with Gasteiger partial charge in [-0.05, 0) is 18.6 Å². The smallest absolute Gasteiger partial charge is 0.220 e. The molecule has 0 unspecified atom stereocenters. The third-order valence-electron chi connectivity index (χ3n) is 3.83. The van der Waals surface area contributed by atoms with Gasteiger partial charge in [-0.3, -0.25) is 4.79 Å². The molecule has 1 aliphatic heterocycles. The molecule has 2 atom stereocenters. The van der Waals surface area contributed by atoms with Gasteiger partial charge in [-0.2, -0.15) is 0 Å². The van der Waals surface area contributed by atoms with Gasteiger partial charge in [0.15, 0.2) is 9.84 Å². The number of benzene rings is 1. The molecule has 4 nitrogen and oxygen atoms in total. The minimum Gasteiger partial charge on any atom is -0.335 e. The molecular weight excluding hydrogens is 286 g/mol. The van der Waals surface area contributed by atoms with Gasteiger partial charge in [0.1, 0.15) is 5.25 Å². The van der Waals surface area contributed by atoms with Gasteiger partial charge in [-0.1, -0.05) is 43.7 Å². The average Bonchev–Trinajstić information content (AvgIpc) is 2.48. The van der Waals surface area contributed by atoms with Gasteiger partial charge in [0, 0.05) is 13.5 Å². The Bertz CT molecular complexity index is 622. The number of carbonyl (C=O) groups is 1. The summed E-state index contributed by atoms with van der Waals surface area (Å²) in [6.07, 6.45) is 5.03. The Hall–Kier alpha value is -1.62. The van der Waals surface area contributed by atoms with Crippen LogP contribution in [0.5, 0.6) is 0 Å². The molecule has 0 saturated heterocycles. The molecule has 0 bridgehead atoms. The molecule has 1 aliphatic rings. The summed E-state index contributed by atoms with van der Waals surface area (Å²) in [5.74, 6) is -0.0777. The molecule has 21 heavy (non-hydrogen) atoms. The van der Waals surface area contributed by atoms with Gasteiger partial charge in [-0.25, -0.2) is 8.42 Å². The molecule has 0 aliphatic carbocycles. The zero-order chi connectivity index (χ0) is 15.5. The molecule has 0 aromatic heterocycles. The molecule has 0 radical (unpaired) electrons. The zero-order valence-corrected chi connectivity index (χ0v) is 13.2. The van der Waals surface area contributed by atoms with Crippen LogP contribution in [0.15, 0.2) is 47.4 Å². The van der Waals surface area contributed by atoms with Crippen molar-refractivity contribution in [2.75, 3.05) is 6.54 Å². The standard InChI is InChI=1S/C16H21NO3S/c1-3-8-15-16(11-7-12-17(15)13(2)18)21(19,20)14-9-5-4-6-10-14/h4-7,9-11,15-16H,3,8,12H2,1-2H3/t15-,16+/m1/s1. The minimum atomic E-state index is -3.48. The topological polar surface area (TPSA) is 54.5 Å². The molecule has 114 valence electrons. The van der Waals surface area contributed by atoms with E-state index in [0.717, 1.165) is 6.42 Å². The Morgan fingerprint density at radius 2 is 1.95 bits per heavy atom. The predicted octanol–water partition coefficient (Wildman–Crippen LogP) is 2.42. The van der Waals surface area contributed by atoms with Crippen LogP contribution in [0, 0.1) is 0 Å². The highest BCUT2D eigenvalue weighted by Gasteiger charge is 2.38. The van der Waals surface area contributed by atoms with Gasteiger partial charge in [0.2, 0.25) is 5.91 Å². The quantitative estimate of drug-likeness (QED) is 0.803. The highest BCUT2D eigenvalue weighted by molar-refractivity contribution is 7.92. The Morgan fingerprint density at radius 1 is 1.29 bits per heavy atom. The number of rotatable bonds is 4. The maximum absolute atomic E-state index is 12.9. The van der Waals surface area contributed by atoms with E-state index < -0.39 is 15.1 Å². The first kappa shape index (κ1) is 15.8. The van der Waals surface area contributed by atoms with Crippen molar-refractivity contribution in [1.29, 1.82) is 0 Å². The number of hydrogen-bond donors (Lipinski definition) is 0. The fourth-order valence-corrected chi connectivity index (χ4v) is 4.67. The van der Waals surface area contributed by atoms with Crippen molar-refractivity contribution in [1.82, 2.24) is 4.90 Å². The normalized spacial score (nSPS) is 22.3. The minimum absolute atomic E-state index is 0.0777. The molecule has 0 N–H and O–H groups in total. The largest absolute Gasteiger partial charge is 0.335 e. The monoisotopic (exact) mass is 307 g/mol. The molecule has 1 amide bonds. The van der Waals surface area contributed by atoms with Crippen molar-refractivity contribution in [2.45, 2.75) is 42.9 Å². The van der Waals surface area contributed by atoms with Crippen LogP contribution in [-0.2, 0) is 14.6 Å². The molecule has 0 saturated carbocycles. The fourth-order valence-electron chi connectivity index (χ4n) is 2.81. The number of carbonyl (C=O) groups excluding carboxylic acids is 1. The molecule has 1 aromatic carbocycles. The van der Waals surface area contributed by atoms with Gasteiger partial charge in [-0.15, -0.1) is 0 Å². The highest BCUT2D eigenvalue weighted by Crippen LogP contribution is 2.27. The number of hydrogen-bond acceptors (Lipinski definition) is 3. The molecule has 1 aromatic rings. The SMILES string of the molecule is CCC[C@@H]1[C@@H](S(=O)(=O)c2ccccc2)C=CCN1C(C)=O. The van der Waals surface area contributed by atoms with Gasteiger partial charge >= 0.3 is 0 Å². The van der Waals surface area contributed by atoms with Crippen LogP contribution in [0.25, 0.3) is 0 Å². The van der Waals surface area contributed by atoms with Gasteiger partial charge in [0.25, 0.3) is 0 Å².